The Balaban J connectivity index is 2.01. The van der Waals surface area contributed by atoms with Crippen LogP contribution in [0.3, 0.4) is 0 Å². The van der Waals surface area contributed by atoms with Gasteiger partial charge in [-0.2, -0.15) is 0 Å². The SMILES string of the molecule is CC(C)c1cccc(OCC(C)(NC2CC2)C(=O)O)c1. The third-order valence-corrected chi connectivity index (χ3v) is 3.62. The van der Waals surface area contributed by atoms with Crippen LogP contribution in [0.2, 0.25) is 0 Å². The molecule has 20 heavy (non-hydrogen) atoms. The van der Waals surface area contributed by atoms with Crippen LogP contribution in [0.4, 0.5) is 0 Å². The van der Waals surface area contributed by atoms with E-state index < -0.39 is 11.5 Å². The molecule has 4 nitrogen and oxygen atoms in total. The Bertz CT molecular complexity index is 482. The van der Waals surface area contributed by atoms with Gasteiger partial charge in [0, 0.05) is 6.04 Å². The minimum atomic E-state index is -1.03. The molecule has 0 aliphatic heterocycles. The van der Waals surface area contributed by atoms with E-state index in [1.54, 1.807) is 6.92 Å². The van der Waals surface area contributed by atoms with E-state index in [4.69, 9.17) is 4.74 Å². The van der Waals surface area contributed by atoms with E-state index in [0.29, 0.717) is 12.0 Å². The molecule has 1 atom stereocenters. The normalized spacial score (nSPS) is 17.8. The molecule has 4 heteroatoms. The van der Waals surface area contributed by atoms with Crippen molar-refractivity contribution in [1.29, 1.82) is 0 Å². The summed E-state index contributed by atoms with van der Waals surface area (Å²) in [6, 6.07) is 8.16. The van der Waals surface area contributed by atoms with Gasteiger partial charge in [0.15, 0.2) is 0 Å². The first kappa shape index (κ1) is 14.9. The molecular weight excluding hydrogens is 254 g/mol. The van der Waals surface area contributed by atoms with Crippen molar-refractivity contribution in [2.24, 2.45) is 0 Å². The Kier molecular flexibility index (Phi) is 4.33. The molecule has 1 saturated carbocycles. The summed E-state index contributed by atoms with van der Waals surface area (Å²) in [6.45, 7) is 6.05. The van der Waals surface area contributed by atoms with Crippen LogP contribution < -0.4 is 10.1 Å². The molecule has 0 heterocycles. The van der Waals surface area contributed by atoms with Gasteiger partial charge in [-0.25, -0.2) is 0 Å². The van der Waals surface area contributed by atoms with Crippen molar-refractivity contribution < 1.29 is 14.6 Å². The molecule has 2 N–H and O–H groups in total. The van der Waals surface area contributed by atoms with Crippen LogP contribution in [-0.2, 0) is 4.79 Å². The molecule has 1 aromatic carbocycles. The van der Waals surface area contributed by atoms with Crippen molar-refractivity contribution in [1.82, 2.24) is 5.32 Å². The predicted octanol–water partition coefficient (Wildman–Crippen LogP) is 2.78. The van der Waals surface area contributed by atoms with E-state index in [1.165, 1.54) is 5.56 Å². The van der Waals surface area contributed by atoms with Crippen LogP contribution in [0.5, 0.6) is 5.75 Å². The zero-order valence-corrected chi connectivity index (χ0v) is 12.3. The highest BCUT2D eigenvalue weighted by molar-refractivity contribution is 5.78. The largest absolute Gasteiger partial charge is 0.491 e. The maximum Gasteiger partial charge on any atom is 0.327 e. The Labute approximate surface area is 120 Å². The van der Waals surface area contributed by atoms with E-state index in [0.717, 1.165) is 18.6 Å². The number of carboxylic acid groups (broad SMARTS) is 1. The van der Waals surface area contributed by atoms with Gasteiger partial charge < -0.3 is 9.84 Å². The Morgan fingerprint density at radius 2 is 2.20 bits per heavy atom. The first-order valence-electron chi connectivity index (χ1n) is 7.14. The molecule has 1 aliphatic carbocycles. The number of aliphatic carboxylic acids is 1. The molecule has 110 valence electrons. The highest BCUT2D eigenvalue weighted by Crippen LogP contribution is 2.24. The first-order valence-corrected chi connectivity index (χ1v) is 7.14. The van der Waals surface area contributed by atoms with Gasteiger partial charge in [0.25, 0.3) is 0 Å². The number of carbonyl (C=O) groups is 1. The van der Waals surface area contributed by atoms with Gasteiger partial charge in [-0.05, 0) is 43.4 Å². The quantitative estimate of drug-likeness (QED) is 0.804. The first-order chi connectivity index (χ1) is 9.40. The number of hydrogen-bond acceptors (Lipinski definition) is 3. The molecule has 0 saturated heterocycles. The van der Waals surface area contributed by atoms with Crippen molar-refractivity contribution >= 4 is 5.97 Å². The van der Waals surface area contributed by atoms with Gasteiger partial charge in [0.1, 0.15) is 17.9 Å². The molecule has 0 radical (unpaired) electrons. The number of nitrogens with one attached hydrogen (secondary N) is 1. The minimum Gasteiger partial charge on any atom is -0.491 e. The second kappa shape index (κ2) is 5.83. The third-order valence-electron chi connectivity index (χ3n) is 3.62. The lowest BCUT2D eigenvalue weighted by Gasteiger charge is -2.26. The number of hydrogen-bond donors (Lipinski definition) is 2. The van der Waals surface area contributed by atoms with E-state index >= 15 is 0 Å². The third kappa shape index (κ3) is 3.73. The predicted molar refractivity (Wildman–Crippen MR) is 78.2 cm³/mol. The van der Waals surface area contributed by atoms with Crippen molar-refractivity contribution in [3.63, 3.8) is 0 Å². The summed E-state index contributed by atoms with van der Waals surface area (Å²) < 4.78 is 5.71. The lowest BCUT2D eigenvalue weighted by molar-refractivity contribution is -0.145. The number of ether oxygens (including phenoxy) is 1. The second-order valence-corrected chi connectivity index (χ2v) is 6.07. The van der Waals surface area contributed by atoms with E-state index in [1.807, 2.05) is 18.2 Å². The van der Waals surface area contributed by atoms with Crippen LogP contribution in [0.15, 0.2) is 24.3 Å². The molecule has 2 rings (SSSR count). The van der Waals surface area contributed by atoms with Gasteiger partial charge in [0.05, 0.1) is 0 Å². The fourth-order valence-electron chi connectivity index (χ4n) is 2.03. The van der Waals surface area contributed by atoms with Crippen molar-refractivity contribution in [3.8, 4) is 5.75 Å². The molecule has 0 spiro atoms. The molecular formula is C16H23NO3. The smallest absolute Gasteiger partial charge is 0.327 e. The van der Waals surface area contributed by atoms with Gasteiger partial charge in [-0.3, -0.25) is 10.1 Å². The molecule has 1 aliphatic rings. The van der Waals surface area contributed by atoms with Gasteiger partial charge >= 0.3 is 5.97 Å². The average molecular weight is 277 g/mol. The maximum absolute atomic E-state index is 11.4. The monoisotopic (exact) mass is 277 g/mol. The fourth-order valence-corrected chi connectivity index (χ4v) is 2.03. The summed E-state index contributed by atoms with van der Waals surface area (Å²) in [5.74, 6) is 0.277. The summed E-state index contributed by atoms with van der Waals surface area (Å²) in [7, 11) is 0. The van der Waals surface area contributed by atoms with E-state index in [9.17, 15) is 9.90 Å². The van der Waals surface area contributed by atoms with Crippen LogP contribution in [0.1, 0.15) is 45.1 Å². The van der Waals surface area contributed by atoms with Gasteiger partial charge in [-0.1, -0.05) is 26.0 Å². The molecule has 0 aromatic heterocycles. The summed E-state index contributed by atoms with van der Waals surface area (Å²) in [4.78, 5) is 11.4. The summed E-state index contributed by atoms with van der Waals surface area (Å²) in [5, 5.41) is 12.5. The average Bonchev–Trinajstić information content (AvgIpc) is 3.20. The Hall–Kier alpha value is -1.55. The molecule has 1 fully saturated rings. The standard InChI is InChI=1S/C16H23NO3/c1-11(2)12-5-4-6-14(9-12)20-10-16(3,15(18)19)17-13-7-8-13/h4-6,9,11,13,17H,7-8,10H2,1-3H3,(H,18,19). The van der Waals surface area contributed by atoms with E-state index in [-0.39, 0.29) is 6.61 Å². The Morgan fingerprint density at radius 3 is 2.75 bits per heavy atom. The van der Waals surface area contributed by atoms with Crippen molar-refractivity contribution in [2.45, 2.75) is 51.1 Å². The zero-order chi connectivity index (χ0) is 14.8. The molecule has 1 aromatic rings. The summed E-state index contributed by atoms with van der Waals surface area (Å²) in [6.07, 6.45) is 2.09. The lowest BCUT2D eigenvalue weighted by atomic mass is 10.0. The summed E-state index contributed by atoms with van der Waals surface area (Å²) >= 11 is 0. The van der Waals surface area contributed by atoms with Crippen LogP contribution in [0, 0.1) is 0 Å². The highest BCUT2D eigenvalue weighted by atomic mass is 16.5. The van der Waals surface area contributed by atoms with Gasteiger partial charge in [0.2, 0.25) is 0 Å². The highest BCUT2D eigenvalue weighted by Gasteiger charge is 2.39. The fraction of sp³-hybridized carbons (Fsp3) is 0.562. The topological polar surface area (TPSA) is 58.6 Å². The zero-order valence-electron chi connectivity index (χ0n) is 12.3. The van der Waals surface area contributed by atoms with Gasteiger partial charge in [-0.15, -0.1) is 0 Å². The lowest BCUT2D eigenvalue weighted by Crippen LogP contribution is -2.54. The molecule has 1 unspecified atom stereocenters. The van der Waals surface area contributed by atoms with Crippen LogP contribution in [-0.4, -0.2) is 29.3 Å². The number of rotatable bonds is 7. The van der Waals surface area contributed by atoms with Crippen LogP contribution in [0.25, 0.3) is 0 Å². The van der Waals surface area contributed by atoms with E-state index in [2.05, 4.69) is 25.2 Å². The minimum absolute atomic E-state index is 0.125. The number of benzene rings is 1. The summed E-state index contributed by atoms with van der Waals surface area (Å²) in [5.41, 5.74) is 0.157. The Morgan fingerprint density at radius 1 is 1.50 bits per heavy atom. The number of carboxylic acids is 1. The van der Waals surface area contributed by atoms with Crippen molar-refractivity contribution in [3.05, 3.63) is 29.8 Å². The van der Waals surface area contributed by atoms with Crippen LogP contribution >= 0.6 is 0 Å². The van der Waals surface area contributed by atoms with Crippen molar-refractivity contribution in [2.75, 3.05) is 6.61 Å². The second-order valence-electron chi connectivity index (χ2n) is 6.07. The maximum atomic E-state index is 11.4. The molecule has 0 bridgehead atoms. The molecule has 0 amide bonds.